The Bertz CT molecular complexity index is 5080. The second kappa shape index (κ2) is 26.9. The zero-order chi connectivity index (χ0) is 66.2. The largest absolute Gasteiger partial charge is 0.342 e. The molecule has 0 amide bonds. The van der Waals surface area contributed by atoms with Gasteiger partial charge in [-0.25, -0.2) is 59.4 Å². The Kier molecular flexibility index (Phi) is 19.6. The van der Waals surface area contributed by atoms with Crippen LogP contribution in [-0.4, -0.2) is 170 Å². The molecule has 0 fully saturated rings. The van der Waals surface area contributed by atoms with Gasteiger partial charge >= 0.3 is 0 Å². The van der Waals surface area contributed by atoms with Crippen LogP contribution in [0.4, 0.5) is 41.1 Å². The number of fused-ring (bicyclic) bond motifs is 13. The fourth-order valence-corrected chi connectivity index (χ4v) is 13.1. The highest BCUT2D eigenvalue weighted by molar-refractivity contribution is 7.93. The molecule has 2 aliphatic heterocycles. The number of H-pyrrole nitrogens is 3. The van der Waals surface area contributed by atoms with Crippen molar-refractivity contribution < 1.29 is 38.2 Å². The first-order valence-corrected chi connectivity index (χ1v) is 34.2. The van der Waals surface area contributed by atoms with E-state index >= 15 is 0 Å². The minimum Gasteiger partial charge on any atom is -0.342 e. The number of halogens is 6. The Morgan fingerprint density at radius 3 is 1.54 bits per heavy atom. The van der Waals surface area contributed by atoms with Crippen LogP contribution in [0.15, 0.2) is 125 Å². The van der Waals surface area contributed by atoms with E-state index in [0.717, 1.165) is 12.2 Å². The molecule has 6 aromatic heterocycles. The molecule has 0 radical (unpaired) electrons. The second-order valence-corrected chi connectivity index (χ2v) is 28.2. The predicted molar refractivity (Wildman–Crippen MR) is 350 cm³/mol. The summed E-state index contributed by atoms with van der Waals surface area (Å²) < 4.78 is 127. The van der Waals surface area contributed by atoms with Crippen LogP contribution >= 0.6 is 69.6 Å². The Hall–Kier alpha value is -7.95. The zero-order valence-electron chi connectivity index (χ0n) is 47.4. The number of anilines is 5. The molecule has 0 spiro atoms. The highest BCUT2D eigenvalue weighted by Gasteiger charge is 2.25. The normalized spacial score (nSPS) is 13.8. The van der Waals surface area contributed by atoms with E-state index in [1.807, 2.05) is 0 Å². The van der Waals surface area contributed by atoms with Gasteiger partial charge in [-0.3, -0.25) is 4.55 Å². The van der Waals surface area contributed by atoms with Gasteiger partial charge in [-0.15, -0.1) is 0 Å². The molecule has 0 atom stereocenters. The number of hydrogen-bond donors (Lipinski definition) is 8. The third-order valence-electron chi connectivity index (χ3n) is 13.2. The molecule has 32 nitrogen and oxygen atoms in total. The molecule has 10 rings (SSSR count). The number of aromatic nitrogens is 12. The van der Waals surface area contributed by atoms with Gasteiger partial charge in [-0.1, -0.05) is 13.2 Å². The summed E-state index contributed by atoms with van der Waals surface area (Å²) >= 11 is 35.7. The maximum atomic E-state index is 14.1. The van der Waals surface area contributed by atoms with Crippen molar-refractivity contribution in [2.24, 2.45) is 20.0 Å². The summed E-state index contributed by atoms with van der Waals surface area (Å²) in [6.07, 6.45) is 5.89. The second-order valence-electron chi connectivity index (χ2n) is 19.4. The zero-order valence-corrected chi connectivity index (χ0v) is 55.2. The van der Waals surface area contributed by atoms with Gasteiger partial charge in [-0.05, 0) is 142 Å². The van der Waals surface area contributed by atoms with Crippen molar-refractivity contribution in [2.75, 3.05) is 80.4 Å². The van der Waals surface area contributed by atoms with Crippen molar-refractivity contribution in [3.63, 3.8) is 0 Å². The number of rotatable bonds is 23. The highest BCUT2D eigenvalue weighted by Crippen LogP contribution is 2.40. The monoisotopic (exact) mass is 1450 g/mol. The fraction of sp³-hybridized carbons (Fsp3) is 0.180. The molecule has 0 unspecified atom stereocenters. The smallest absolute Gasteiger partial charge is 0.294 e. The molecule has 8 bridgehead atoms. The Morgan fingerprint density at radius 2 is 1.04 bits per heavy atom. The average molecular weight is 1450 g/mol. The van der Waals surface area contributed by atoms with E-state index in [2.05, 4.69) is 97.4 Å². The molecule has 0 saturated heterocycles. The SMILES string of the molecule is C=C/C(=C\c1cc2[nH]c1=NC1=NC(=Nc3[nH]c(c4cc(S(=O)(=O)NCCN(C)c5nc(Cl)nc(Cl)n5)ccc34)Nc3[nH]c(c4cc(S(=O)(=O)NCCN(C)c5nc(Cl)nc(Cl)n5)ccc34)N=2)C=C1/C=C\C(=C)S(=O)(=O)NCCN(C)c1nc(Cl)nc(Cl)n1)S(=O)(=O)O. The van der Waals surface area contributed by atoms with Crippen molar-refractivity contribution in [3.8, 4) is 0 Å². The number of aliphatic imine (C=N–C) groups is 2. The standard InChI is InChI=1S/C50H45Cl6N23O9S4/c1-6-27(92(86,87)88)19-26-21-35-61-37(26)64-36-25(8-7-24(2)89(80,81)57-13-16-77(3)48-71-42(51)68-43(52)72-48)20-34(60-36)62-38-30-11-9-29(91(84,85)59-15-18-79(5)50-75-46(55)70-47(56)76-50)23-33(30)41(65-38)67-39-31-12-10-28(22-32(31)40(63-35)66-39)90(82,83)58-14-17-78(4)49-73-44(53)69-45(54)74-49/h6-12,19-23,57-59,65-67H,1-2,13-18H2,3-5H3,(H,86,87,88)(H,60,61,62,63,64)/b8-7-,27-19+. The van der Waals surface area contributed by atoms with Crippen molar-refractivity contribution in [1.29, 1.82) is 0 Å². The van der Waals surface area contributed by atoms with Gasteiger partial charge in [0.05, 0.1) is 19.6 Å². The van der Waals surface area contributed by atoms with E-state index in [1.165, 1.54) is 75.4 Å². The lowest BCUT2D eigenvalue weighted by molar-refractivity contribution is 0.492. The molecule has 42 heteroatoms. The maximum absolute atomic E-state index is 14.1. The van der Waals surface area contributed by atoms with E-state index in [1.54, 1.807) is 21.1 Å². The van der Waals surface area contributed by atoms with Crippen LogP contribution in [0.1, 0.15) is 5.56 Å². The number of likely N-dealkylation sites (N-methyl/N-ethyl adjacent to an activating group) is 3. The predicted octanol–water partition coefficient (Wildman–Crippen LogP) is 5.52. The topological polar surface area (TPSA) is 427 Å². The molecule has 8 aromatic rings. The lowest BCUT2D eigenvalue weighted by atomic mass is 10.2. The first kappa shape index (κ1) is 67.0. The lowest BCUT2D eigenvalue weighted by Gasteiger charge is -2.17. The minimum absolute atomic E-state index is 0.00216. The summed E-state index contributed by atoms with van der Waals surface area (Å²) in [5.74, 6) is 0.525. The fourth-order valence-electron chi connectivity index (χ4n) is 8.67. The third kappa shape index (κ3) is 15.6. The van der Waals surface area contributed by atoms with Crippen LogP contribution in [0, 0.1) is 0 Å². The summed E-state index contributed by atoms with van der Waals surface area (Å²) in [5, 5.41) is 3.42. The molecule has 0 saturated carbocycles. The van der Waals surface area contributed by atoms with Crippen molar-refractivity contribution in [3.05, 3.63) is 144 Å². The van der Waals surface area contributed by atoms with Crippen LogP contribution in [0.5, 0.6) is 0 Å². The highest BCUT2D eigenvalue weighted by atomic mass is 35.5. The van der Waals surface area contributed by atoms with Gasteiger partial charge < -0.3 is 35.0 Å². The van der Waals surface area contributed by atoms with Gasteiger partial charge in [0.2, 0.25) is 79.6 Å². The first-order chi connectivity index (χ1) is 43.4. The maximum Gasteiger partial charge on any atom is 0.294 e. The molecule has 2 aromatic carbocycles. The van der Waals surface area contributed by atoms with Crippen LogP contribution in [0.25, 0.3) is 27.6 Å². The summed E-state index contributed by atoms with van der Waals surface area (Å²) in [4.78, 5) is 66.9. The number of aromatic amines is 3. The summed E-state index contributed by atoms with van der Waals surface area (Å²) in [5.41, 5.74) is -0.0243. The molecule has 480 valence electrons. The van der Waals surface area contributed by atoms with Crippen LogP contribution in [0.3, 0.4) is 0 Å². The Labute approximate surface area is 552 Å². The number of amidine groups is 2. The van der Waals surface area contributed by atoms with Crippen molar-refractivity contribution in [1.82, 2.24) is 74.0 Å². The van der Waals surface area contributed by atoms with Crippen LogP contribution in [0.2, 0.25) is 31.7 Å². The lowest BCUT2D eigenvalue weighted by Crippen LogP contribution is -2.34. The van der Waals surface area contributed by atoms with Crippen molar-refractivity contribution in [2.45, 2.75) is 9.79 Å². The summed E-state index contributed by atoms with van der Waals surface area (Å²) in [6.45, 7) is 7.00. The number of hydrogen-bond acceptors (Lipinski definition) is 25. The Morgan fingerprint density at radius 1 is 0.576 bits per heavy atom. The molecular weight excluding hydrogens is 1410 g/mol. The number of nitrogens with one attached hydrogen (secondary N) is 7. The number of benzene rings is 2. The minimum atomic E-state index is -4.90. The molecule has 8 heterocycles. The van der Waals surface area contributed by atoms with Crippen LogP contribution < -0.4 is 45.2 Å². The van der Waals surface area contributed by atoms with Crippen molar-refractivity contribution >= 4 is 190 Å². The van der Waals surface area contributed by atoms with E-state index in [4.69, 9.17) is 84.6 Å². The number of sulfonamides is 3. The van der Waals surface area contributed by atoms with Gasteiger partial charge in [-0.2, -0.15) is 53.3 Å². The molecule has 0 aliphatic carbocycles. The average Bonchev–Trinajstić information content (AvgIpc) is 1.60. The summed E-state index contributed by atoms with van der Waals surface area (Å²) in [7, 11) is -13.0. The van der Waals surface area contributed by atoms with E-state index in [0.29, 0.717) is 10.8 Å². The van der Waals surface area contributed by atoms with Gasteiger partial charge in [0.15, 0.2) is 11.7 Å². The first-order valence-electron chi connectivity index (χ1n) is 26.1. The molecule has 2 aliphatic rings. The third-order valence-corrected chi connectivity index (χ3v) is 19.4. The number of allylic oxidation sites excluding steroid dienone is 2. The van der Waals surface area contributed by atoms with E-state index in [9.17, 15) is 38.2 Å². The number of nitrogens with zero attached hydrogens (tertiary/aromatic N) is 16. The molecule has 8 N–H and O–H groups in total. The quantitative estimate of drug-likeness (QED) is 0.0289. The van der Waals surface area contributed by atoms with Gasteiger partial charge in [0.25, 0.3) is 10.1 Å². The van der Waals surface area contributed by atoms with E-state index in [-0.39, 0.29) is 166 Å². The molecular formula is C50H45Cl6N23O9S4. The van der Waals surface area contributed by atoms with E-state index < -0.39 is 50.0 Å². The van der Waals surface area contributed by atoms with Gasteiger partial charge in [0, 0.05) is 93.1 Å². The van der Waals surface area contributed by atoms with Gasteiger partial charge in [0.1, 0.15) is 34.2 Å². The summed E-state index contributed by atoms with van der Waals surface area (Å²) in [6, 6.07) is 9.78. The Balaban J connectivity index is 1.07. The molecule has 92 heavy (non-hydrogen) atoms. The van der Waals surface area contributed by atoms with Crippen LogP contribution in [-0.2, 0) is 40.2 Å².